The van der Waals surface area contributed by atoms with E-state index < -0.39 is 0 Å². The highest BCUT2D eigenvalue weighted by molar-refractivity contribution is 5.39. The molecule has 1 aromatic carbocycles. The summed E-state index contributed by atoms with van der Waals surface area (Å²) in [4.78, 5) is 0. The Balaban J connectivity index is 2.01. The monoisotopic (exact) mass is 263 g/mol. The van der Waals surface area contributed by atoms with E-state index >= 15 is 0 Å². The van der Waals surface area contributed by atoms with Crippen molar-refractivity contribution in [2.24, 2.45) is 11.7 Å². The van der Waals surface area contributed by atoms with Crippen molar-refractivity contribution in [3.8, 4) is 5.75 Å². The fourth-order valence-electron chi connectivity index (χ4n) is 2.57. The van der Waals surface area contributed by atoms with Gasteiger partial charge in [-0.2, -0.15) is 0 Å². The van der Waals surface area contributed by atoms with Crippen LogP contribution in [0.1, 0.15) is 43.9 Å². The first kappa shape index (κ1) is 14.4. The van der Waals surface area contributed by atoms with Gasteiger partial charge >= 0.3 is 0 Å². The van der Waals surface area contributed by atoms with E-state index in [1.807, 2.05) is 6.07 Å². The molecule has 1 aliphatic rings. The molecule has 0 fully saturated rings. The van der Waals surface area contributed by atoms with E-state index in [0.29, 0.717) is 5.92 Å². The number of aryl methyl sites for hydroxylation is 1. The number of methoxy groups -OCH3 is 1. The molecule has 0 amide bonds. The molecule has 2 rings (SSSR count). The smallest absolute Gasteiger partial charge is 0.119 e. The maximum atomic E-state index is 6.33. The lowest BCUT2D eigenvalue weighted by Gasteiger charge is -2.31. The minimum atomic E-state index is -0.0122. The van der Waals surface area contributed by atoms with Gasteiger partial charge in [-0.3, -0.25) is 0 Å². The van der Waals surface area contributed by atoms with Crippen molar-refractivity contribution in [2.45, 2.75) is 45.3 Å². The summed E-state index contributed by atoms with van der Waals surface area (Å²) in [5.74, 6) is 1.58. The maximum Gasteiger partial charge on any atom is 0.119 e. The third-order valence-corrected chi connectivity index (χ3v) is 3.84. The molecule has 106 valence electrons. The fourth-order valence-corrected chi connectivity index (χ4v) is 2.57. The van der Waals surface area contributed by atoms with E-state index in [2.05, 4.69) is 26.0 Å². The molecule has 0 saturated carbocycles. The molecule has 3 heteroatoms. The molecule has 19 heavy (non-hydrogen) atoms. The van der Waals surface area contributed by atoms with Crippen molar-refractivity contribution in [3.05, 3.63) is 29.3 Å². The van der Waals surface area contributed by atoms with Gasteiger partial charge in [0.15, 0.2) is 0 Å². The third-order valence-electron chi connectivity index (χ3n) is 3.84. The summed E-state index contributed by atoms with van der Waals surface area (Å²) < 4.78 is 11.2. The summed E-state index contributed by atoms with van der Waals surface area (Å²) >= 11 is 0. The second-order valence-electron chi connectivity index (χ2n) is 5.72. The molecule has 2 unspecified atom stereocenters. The van der Waals surface area contributed by atoms with Crippen LogP contribution in [0.3, 0.4) is 0 Å². The van der Waals surface area contributed by atoms with Gasteiger partial charge in [0.2, 0.25) is 0 Å². The molecule has 0 spiro atoms. The summed E-state index contributed by atoms with van der Waals surface area (Å²) in [6.45, 7) is 5.24. The van der Waals surface area contributed by atoms with Crippen molar-refractivity contribution in [1.82, 2.24) is 0 Å². The lowest BCUT2D eigenvalue weighted by atomic mass is 9.86. The largest absolute Gasteiger partial charge is 0.497 e. The SMILES string of the molecule is COc1ccc2c(c1)CCC(OCCC(C)C)C2N. The Morgan fingerprint density at radius 2 is 2.16 bits per heavy atom. The van der Waals surface area contributed by atoms with Crippen LogP contribution in [0, 0.1) is 5.92 Å². The lowest BCUT2D eigenvalue weighted by Crippen LogP contribution is -2.34. The van der Waals surface area contributed by atoms with Crippen LogP contribution in [-0.4, -0.2) is 19.8 Å². The average molecular weight is 263 g/mol. The Bertz CT molecular complexity index is 417. The number of rotatable bonds is 5. The molecule has 0 aliphatic heterocycles. The Morgan fingerprint density at radius 1 is 1.37 bits per heavy atom. The molecular formula is C16H25NO2. The van der Waals surface area contributed by atoms with E-state index in [9.17, 15) is 0 Å². The number of benzene rings is 1. The van der Waals surface area contributed by atoms with Crippen LogP contribution >= 0.6 is 0 Å². The van der Waals surface area contributed by atoms with Crippen LogP contribution in [0.15, 0.2) is 18.2 Å². The highest BCUT2D eigenvalue weighted by atomic mass is 16.5. The standard InChI is InChI=1S/C16H25NO2/c1-11(2)8-9-19-15-7-4-12-10-13(18-3)5-6-14(12)16(15)17/h5-6,10-11,15-16H,4,7-9,17H2,1-3H3. The summed E-state index contributed by atoms with van der Waals surface area (Å²) in [6, 6.07) is 6.15. The Morgan fingerprint density at radius 3 is 2.84 bits per heavy atom. The van der Waals surface area contributed by atoms with E-state index in [0.717, 1.165) is 31.6 Å². The molecule has 0 heterocycles. The Labute approximate surface area is 116 Å². The minimum Gasteiger partial charge on any atom is -0.497 e. The molecule has 1 aromatic rings. The lowest BCUT2D eigenvalue weighted by molar-refractivity contribution is 0.0197. The summed E-state index contributed by atoms with van der Waals surface area (Å²) in [7, 11) is 1.70. The number of hydrogen-bond donors (Lipinski definition) is 1. The van der Waals surface area contributed by atoms with Gasteiger partial charge in [0, 0.05) is 6.61 Å². The highest BCUT2D eigenvalue weighted by Crippen LogP contribution is 2.32. The first-order valence-electron chi connectivity index (χ1n) is 7.15. The summed E-state index contributed by atoms with van der Waals surface area (Å²) in [5, 5.41) is 0. The molecule has 1 aliphatic carbocycles. The second kappa shape index (κ2) is 6.40. The molecule has 3 nitrogen and oxygen atoms in total. The number of hydrogen-bond acceptors (Lipinski definition) is 3. The van der Waals surface area contributed by atoms with Gasteiger partial charge in [0.25, 0.3) is 0 Å². The quantitative estimate of drug-likeness (QED) is 0.888. The van der Waals surface area contributed by atoms with E-state index in [4.69, 9.17) is 15.2 Å². The van der Waals surface area contributed by atoms with Crippen molar-refractivity contribution in [2.75, 3.05) is 13.7 Å². The zero-order valence-electron chi connectivity index (χ0n) is 12.2. The van der Waals surface area contributed by atoms with Crippen LogP contribution in [0.2, 0.25) is 0 Å². The first-order valence-corrected chi connectivity index (χ1v) is 7.15. The Hall–Kier alpha value is -1.06. The molecular weight excluding hydrogens is 238 g/mol. The maximum absolute atomic E-state index is 6.33. The predicted octanol–water partition coefficient (Wildman–Crippen LogP) is 3.07. The number of fused-ring (bicyclic) bond motifs is 1. The average Bonchev–Trinajstić information content (AvgIpc) is 2.40. The fraction of sp³-hybridized carbons (Fsp3) is 0.625. The minimum absolute atomic E-state index is 0.0122. The molecule has 0 radical (unpaired) electrons. The van der Waals surface area contributed by atoms with Gasteiger partial charge in [-0.25, -0.2) is 0 Å². The van der Waals surface area contributed by atoms with Gasteiger partial charge < -0.3 is 15.2 Å². The first-order chi connectivity index (χ1) is 9.11. The van der Waals surface area contributed by atoms with Gasteiger partial charge in [0.05, 0.1) is 19.3 Å². The van der Waals surface area contributed by atoms with Gasteiger partial charge in [-0.05, 0) is 48.4 Å². The zero-order chi connectivity index (χ0) is 13.8. The van der Waals surface area contributed by atoms with Crippen molar-refractivity contribution < 1.29 is 9.47 Å². The van der Waals surface area contributed by atoms with Gasteiger partial charge in [-0.1, -0.05) is 19.9 Å². The van der Waals surface area contributed by atoms with Gasteiger partial charge in [0.1, 0.15) is 5.75 Å². The molecule has 0 aromatic heterocycles. The molecule has 2 N–H and O–H groups in total. The summed E-state index contributed by atoms with van der Waals surface area (Å²) in [6.07, 6.45) is 3.27. The topological polar surface area (TPSA) is 44.5 Å². The summed E-state index contributed by atoms with van der Waals surface area (Å²) in [5.41, 5.74) is 8.84. The van der Waals surface area contributed by atoms with E-state index in [1.54, 1.807) is 7.11 Å². The van der Waals surface area contributed by atoms with Crippen LogP contribution in [-0.2, 0) is 11.2 Å². The van der Waals surface area contributed by atoms with Crippen LogP contribution in [0.4, 0.5) is 0 Å². The third kappa shape index (κ3) is 3.48. The van der Waals surface area contributed by atoms with Crippen molar-refractivity contribution in [3.63, 3.8) is 0 Å². The highest BCUT2D eigenvalue weighted by Gasteiger charge is 2.27. The number of nitrogens with two attached hydrogens (primary N) is 1. The number of ether oxygens (including phenoxy) is 2. The van der Waals surface area contributed by atoms with E-state index in [1.165, 1.54) is 11.1 Å². The zero-order valence-corrected chi connectivity index (χ0v) is 12.2. The van der Waals surface area contributed by atoms with Crippen molar-refractivity contribution in [1.29, 1.82) is 0 Å². The van der Waals surface area contributed by atoms with Crippen LogP contribution in [0.25, 0.3) is 0 Å². The predicted molar refractivity (Wildman–Crippen MR) is 77.4 cm³/mol. The molecule has 0 saturated heterocycles. The van der Waals surface area contributed by atoms with Gasteiger partial charge in [-0.15, -0.1) is 0 Å². The normalized spacial score (nSPS) is 22.4. The Kier molecular flexibility index (Phi) is 4.83. The van der Waals surface area contributed by atoms with Crippen LogP contribution in [0.5, 0.6) is 5.75 Å². The molecule has 2 atom stereocenters. The molecule has 0 bridgehead atoms. The second-order valence-corrected chi connectivity index (χ2v) is 5.72. The van der Waals surface area contributed by atoms with E-state index in [-0.39, 0.29) is 12.1 Å². The van der Waals surface area contributed by atoms with Crippen molar-refractivity contribution >= 4 is 0 Å². The van der Waals surface area contributed by atoms with Crippen LogP contribution < -0.4 is 10.5 Å².